The van der Waals surface area contributed by atoms with Crippen molar-refractivity contribution in [3.05, 3.63) is 89.9 Å². The van der Waals surface area contributed by atoms with Crippen molar-refractivity contribution in [2.24, 2.45) is 0 Å². The number of carbonyl (C=O) groups is 2. The van der Waals surface area contributed by atoms with Crippen molar-refractivity contribution >= 4 is 23.0 Å². The standard InChI is InChI=1S/C20H14F2N4O3/c21-12-6-7-15(14(22)10-12)24-19(27)17-16-5-1-2-8-26(16)18(25-17)20(28)23-11-13-4-3-9-29-13/h1-10H,11H2,(H,23,28)(H,24,27). The third-order valence-corrected chi connectivity index (χ3v) is 4.15. The molecule has 146 valence electrons. The average molecular weight is 396 g/mol. The van der Waals surface area contributed by atoms with Gasteiger partial charge in [0, 0.05) is 12.3 Å². The molecule has 0 saturated heterocycles. The van der Waals surface area contributed by atoms with Gasteiger partial charge in [-0.15, -0.1) is 0 Å². The minimum absolute atomic E-state index is 0.0168. The van der Waals surface area contributed by atoms with Crippen LogP contribution in [0.4, 0.5) is 14.5 Å². The number of aromatic nitrogens is 2. The molecule has 0 radical (unpaired) electrons. The van der Waals surface area contributed by atoms with E-state index in [0.717, 1.165) is 12.1 Å². The van der Waals surface area contributed by atoms with Gasteiger partial charge in [0.1, 0.15) is 17.4 Å². The van der Waals surface area contributed by atoms with Crippen LogP contribution in [0.15, 0.2) is 65.4 Å². The number of fused-ring (bicyclic) bond motifs is 1. The van der Waals surface area contributed by atoms with E-state index in [4.69, 9.17) is 4.42 Å². The molecule has 4 rings (SSSR count). The summed E-state index contributed by atoms with van der Waals surface area (Å²) in [4.78, 5) is 29.4. The molecule has 2 amide bonds. The highest BCUT2D eigenvalue weighted by Gasteiger charge is 2.22. The third kappa shape index (κ3) is 3.70. The van der Waals surface area contributed by atoms with Crippen molar-refractivity contribution in [1.82, 2.24) is 14.7 Å². The maximum absolute atomic E-state index is 13.9. The molecule has 0 spiro atoms. The van der Waals surface area contributed by atoms with Gasteiger partial charge in [0.2, 0.25) is 5.82 Å². The number of carbonyl (C=O) groups excluding carboxylic acids is 2. The van der Waals surface area contributed by atoms with Crippen molar-refractivity contribution in [1.29, 1.82) is 0 Å². The van der Waals surface area contributed by atoms with E-state index in [1.54, 1.807) is 36.5 Å². The number of nitrogens with one attached hydrogen (secondary N) is 2. The zero-order valence-electron chi connectivity index (χ0n) is 14.9. The molecular formula is C20H14F2N4O3. The highest BCUT2D eigenvalue weighted by molar-refractivity contribution is 6.09. The summed E-state index contributed by atoms with van der Waals surface area (Å²) >= 11 is 0. The Bertz CT molecular complexity index is 1200. The van der Waals surface area contributed by atoms with Gasteiger partial charge < -0.3 is 15.1 Å². The Morgan fingerprint density at radius 3 is 2.69 bits per heavy atom. The van der Waals surface area contributed by atoms with Gasteiger partial charge in [-0.1, -0.05) is 6.07 Å². The summed E-state index contributed by atoms with van der Waals surface area (Å²) in [6, 6.07) is 11.2. The number of hydrogen-bond donors (Lipinski definition) is 2. The lowest BCUT2D eigenvalue weighted by molar-refractivity contribution is 0.0937. The number of furan rings is 1. The van der Waals surface area contributed by atoms with Gasteiger partial charge in [-0.3, -0.25) is 14.0 Å². The van der Waals surface area contributed by atoms with Crippen LogP contribution in [0.25, 0.3) is 5.52 Å². The number of hydrogen-bond acceptors (Lipinski definition) is 4. The van der Waals surface area contributed by atoms with E-state index in [0.29, 0.717) is 17.3 Å². The summed E-state index contributed by atoms with van der Waals surface area (Å²) in [5.74, 6) is -2.39. The van der Waals surface area contributed by atoms with Crippen molar-refractivity contribution < 1.29 is 22.8 Å². The number of halogens is 2. The Balaban J connectivity index is 1.63. The molecule has 3 aromatic heterocycles. The zero-order valence-corrected chi connectivity index (χ0v) is 14.9. The van der Waals surface area contributed by atoms with Gasteiger partial charge in [-0.25, -0.2) is 13.8 Å². The molecule has 0 fully saturated rings. The zero-order chi connectivity index (χ0) is 20.4. The topological polar surface area (TPSA) is 88.6 Å². The lowest BCUT2D eigenvalue weighted by Gasteiger charge is -2.05. The van der Waals surface area contributed by atoms with Crippen LogP contribution in [0.1, 0.15) is 26.9 Å². The van der Waals surface area contributed by atoms with Crippen LogP contribution in [0.3, 0.4) is 0 Å². The van der Waals surface area contributed by atoms with Crippen LogP contribution < -0.4 is 10.6 Å². The Morgan fingerprint density at radius 2 is 1.93 bits per heavy atom. The number of pyridine rings is 1. The van der Waals surface area contributed by atoms with Crippen molar-refractivity contribution in [3.63, 3.8) is 0 Å². The van der Waals surface area contributed by atoms with Gasteiger partial charge in [0.25, 0.3) is 11.8 Å². The highest BCUT2D eigenvalue weighted by atomic mass is 19.1. The lowest BCUT2D eigenvalue weighted by Crippen LogP contribution is -2.25. The largest absolute Gasteiger partial charge is 0.467 e. The van der Waals surface area contributed by atoms with E-state index < -0.39 is 23.4 Å². The van der Waals surface area contributed by atoms with E-state index in [-0.39, 0.29) is 23.8 Å². The first-order chi connectivity index (χ1) is 14.0. The maximum atomic E-state index is 13.9. The second kappa shape index (κ2) is 7.55. The fraction of sp³-hybridized carbons (Fsp3) is 0.0500. The van der Waals surface area contributed by atoms with E-state index in [2.05, 4.69) is 15.6 Å². The van der Waals surface area contributed by atoms with Crippen molar-refractivity contribution in [2.75, 3.05) is 5.32 Å². The first-order valence-electron chi connectivity index (χ1n) is 8.57. The molecule has 0 aliphatic rings. The third-order valence-electron chi connectivity index (χ3n) is 4.15. The summed E-state index contributed by atoms with van der Waals surface area (Å²) in [7, 11) is 0. The van der Waals surface area contributed by atoms with Crippen LogP contribution in [0, 0.1) is 11.6 Å². The van der Waals surface area contributed by atoms with Gasteiger partial charge in [0.05, 0.1) is 24.0 Å². The minimum Gasteiger partial charge on any atom is -0.467 e. The maximum Gasteiger partial charge on any atom is 0.288 e. The van der Waals surface area contributed by atoms with E-state index in [1.807, 2.05) is 0 Å². The Labute approximate surface area is 163 Å². The number of rotatable bonds is 5. The number of nitrogens with zero attached hydrogens (tertiary/aromatic N) is 2. The number of imidazole rings is 1. The minimum atomic E-state index is -0.918. The lowest BCUT2D eigenvalue weighted by atomic mass is 10.2. The van der Waals surface area contributed by atoms with E-state index in [1.165, 1.54) is 10.7 Å². The first kappa shape index (κ1) is 18.4. The van der Waals surface area contributed by atoms with Gasteiger partial charge in [-0.05, 0) is 36.4 Å². The van der Waals surface area contributed by atoms with Crippen LogP contribution in [-0.4, -0.2) is 21.2 Å². The molecule has 2 N–H and O–H groups in total. The van der Waals surface area contributed by atoms with Crippen LogP contribution in [-0.2, 0) is 6.54 Å². The molecule has 0 unspecified atom stereocenters. The summed E-state index contributed by atoms with van der Waals surface area (Å²) in [5, 5.41) is 5.01. The monoisotopic (exact) mass is 396 g/mol. The quantitative estimate of drug-likeness (QED) is 0.541. The van der Waals surface area contributed by atoms with E-state index >= 15 is 0 Å². The van der Waals surface area contributed by atoms with Gasteiger partial charge in [-0.2, -0.15) is 0 Å². The average Bonchev–Trinajstić information content (AvgIpc) is 3.36. The molecule has 3 heterocycles. The molecule has 7 nitrogen and oxygen atoms in total. The molecular weight excluding hydrogens is 382 g/mol. The van der Waals surface area contributed by atoms with Crippen LogP contribution >= 0.6 is 0 Å². The first-order valence-corrected chi connectivity index (χ1v) is 8.57. The SMILES string of the molecule is O=C(Nc1ccc(F)cc1F)c1nc(C(=O)NCc2ccco2)n2ccccc12. The molecule has 4 aromatic rings. The summed E-state index contributed by atoms with van der Waals surface area (Å²) < 4.78 is 33.5. The molecule has 0 atom stereocenters. The van der Waals surface area contributed by atoms with Gasteiger partial charge >= 0.3 is 0 Å². The molecule has 0 aliphatic heterocycles. The molecule has 0 saturated carbocycles. The number of benzene rings is 1. The normalized spacial score (nSPS) is 10.8. The van der Waals surface area contributed by atoms with Gasteiger partial charge in [0.15, 0.2) is 5.69 Å². The fourth-order valence-corrected chi connectivity index (χ4v) is 2.80. The Morgan fingerprint density at radius 1 is 1.07 bits per heavy atom. The van der Waals surface area contributed by atoms with Crippen molar-refractivity contribution in [2.45, 2.75) is 6.54 Å². The summed E-state index contributed by atoms with van der Waals surface area (Å²) in [5.41, 5.74) is 0.0884. The predicted molar refractivity (Wildman–Crippen MR) is 99.4 cm³/mol. The fourth-order valence-electron chi connectivity index (χ4n) is 2.80. The van der Waals surface area contributed by atoms with Crippen LogP contribution in [0.2, 0.25) is 0 Å². The second-order valence-electron chi connectivity index (χ2n) is 6.08. The predicted octanol–water partition coefficient (Wildman–Crippen LogP) is 3.39. The van der Waals surface area contributed by atoms with Crippen LogP contribution in [0.5, 0.6) is 0 Å². The molecule has 0 bridgehead atoms. The molecule has 9 heteroatoms. The second-order valence-corrected chi connectivity index (χ2v) is 6.08. The molecule has 1 aromatic carbocycles. The molecule has 0 aliphatic carbocycles. The summed E-state index contributed by atoms with van der Waals surface area (Å²) in [6.45, 7) is 0.149. The highest BCUT2D eigenvalue weighted by Crippen LogP contribution is 2.19. The number of amides is 2. The van der Waals surface area contributed by atoms with E-state index in [9.17, 15) is 18.4 Å². The summed E-state index contributed by atoms with van der Waals surface area (Å²) in [6.07, 6.45) is 3.07. The Kier molecular flexibility index (Phi) is 4.78. The molecule has 29 heavy (non-hydrogen) atoms. The number of anilines is 1. The van der Waals surface area contributed by atoms with Crippen molar-refractivity contribution in [3.8, 4) is 0 Å². The smallest absolute Gasteiger partial charge is 0.288 e. The Hall–Kier alpha value is -4.01.